The third-order valence-corrected chi connectivity index (χ3v) is 4.85. The molecule has 3 nitrogen and oxygen atoms in total. The largest absolute Gasteiger partial charge is 0.508 e. The van der Waals surface area contributed by atoms with Crippen molar-refractivity contribution in [1.29, 1.82) is 0 Å². The van der Waals surface area contributed by atoms with Crippen LogP contribution < -0.4 is 4.74 Å². The highest BCUT2D eigenvalue weighted by Crippen LogP contribution is 2.55. The van der Waals surface area contributed by atoms with Crippen LogP contribution in [0.2, 0.25) is 0 Å². The summed E-state index contributed by atoms with van der Waals surface area (Å²) in [7, 11) is 0. The van der Waals surface area contributed by atoms with E-state index in [0.717, 1.165) is 29.7 Å². The van der Waals surface area contributed by atoms with Crippen LogP contribution in [0, 0.1) is 5.92 Å². The van der Waals surface area contributed by atoms with Gasteiger partial charge in [0.2, 0.25) is 0 Å². The number of fused-ring (bicyclic) bond motifs is 3. The van der Waals surface area contributed by atoms with Gasteiger partial charge in [-0.2, -0.15) is 0 Å². The lowest BCUT2D eigenvalue weighted by molar-refractivity contribution is 0.102. The Kier molecular flexibility index (Phi) is 2.81. The molecule has 21 heavy (non-hydrogen) atoms. The van der Waals surface area contributed by atoms with Crippen molar-refractivity contribution in [2.24, 2.45) is 5.92 Å². The summed E-state index contributed by atoms with van der Waals surface area (Å²) in [6.45, 7) is 0. The van der Waals surface area contributed by atoms with Crippen LogP contribution in [-0.2, 0) is 0 Å². The molecule has 2 N–H and O–H groups in total. The molecule has 1 aliphatic carbocycles. The lowest BCUT2D eigenvalue weighted by Crippen LogP contribution is -2.26. The van der Waals surface area contributed by atoms with Crippen LogP contribution in [0.15, 0.2) is 42.5 Å². The van der Waals surface area contributed by atoms with Crippen molar-refractivity contribution in [1.82, 2.24) is 0 Å². The minimum atomic E-state index is 0.00685. The first kappa shape index (κ1) is 12.6. The summed E-state index contributed by atoms with van der Waals surface area (Å²) in [6.07, 6.45) is 3.39. The van der Waals surface area contributed by atoms with Gasteiger partial charge in [-0.3, -0.25) is 0 Å². The normalized spacial score (nSPS) is 26.8. The Morgan fingerprint density at radius 3 is 2.57 bits per heavy atom. The van der Waals surface area contributed by atoms with E-state index in [1.54, 1.807) is 18.2 Å². The summed E-state index contributed by atoms with van der Waals surface area (Å²) in [6, 6.07) is 12.8. The third-order valence-electron chi connectivity index (χ3n) is 4.85. The van der Waals surface area contributed by atoms with E-state index < -0.39 is 0 Å². The van der Waals surface area contributed by atoms with E-state index in [2.05, 4.69) is 0 Å². The molecule has 0 bridgehead atoms. The Bertz CT molecular complexity index is 663. The van der Waals surface area contributed by atoms with Gasteiger partial charge in [0.15, 0.2) is 0 Å². The van der Waals surface area contributed by atoms with Crippen molar-refractivity contribution in [3.05, 3.63) is 53.6 Å². The smallest absolute Gasteiger partial charge is 0.127 e. The highest BCUT2D eigenvalue weighted by atomic mass is 16.5. The molecule has 0 saturated heterocycles. The van der Waals surface area contributed by atoms with E-state index in [4.69, 9.17) is 4.74 Å². The van der Waals surface area contributed by atoms with E-state index in [0.29, 0.717) is 17.6 Å². The molecule has 0 spiro atoms. The minimum Gasteiger partial charge on any atom is -0.508 e. The molecule has 0 unspecified atom stereocenters. The Morgan fingerprint density at radius 2 is 1.76 bits per heavy atom. The fourth-order valence-electron chi connectivity index (χ4n) is 3.92. The van der Waals surface area contributed by atoms with Gasteiger partial charge >= 0.3 is 0 Å². The van der Waals surface area contributed by atoms with Crippen LogP contribution in [-0.4, -0.2) is 10.2 Å². The number of hydrogen-bond acceptors (Lipinski definition) is 3. The lowest BCUT2D eigenvalue weighted by Gasteiger charge is -2.36. The van der Waals surface area contributed by atoms with E-state index in [-0.39, 0.29) is 11.9 Å². The molecule has 0 amide bonds. The summed E-state index contributed by atoms with van der Waals surface area (Å²) in [5, 5.41) is 19.6. The van der Waals surface area contributed by atoms with Gasteiger partial charge in [0, 0.05) is 11.5 Å². The van der Waals surface area contributed by atoms with E-state index in [9.17, 15) is 10.2 Å². The maximum Gasteiger partial charge on any atom is 0.127 e. The second kappa shape index (κ2) is 4.69. The molecular weight excluding hydrogens is 264 g/mol. The first-order valence-corrected chi connectivity index (χ1v) is 7.51. The quantitative estimate of drug-likeness (QED) is 0.827. The lowest BCUT2D eigenvalue weighted by atomic mass is 9.79. The monoisotopic (exact) mass is 282 g/mol. The summed E-state index contributed by atoms with van der Waals surface area (Å²) in [4.78, 5) is 0. The molecule has 0 radical (unpaired) electrons. The van der Waals surface area contributed by atoms with E-state index in [1.807, 2.05) is 24.3 Å². The van der Waals surface area contributed by atoms with Gasteiger partial charge in [0.1, 0.15) is 23.4 Å². The molecule has 0 aromatic heterocycles. The molecule has 1 aliphatic heterocycles. The highest BCUT2D eigenvalue weighted by Gasteiger charge is 2.43. The van der Waals surface area contributed by atoms with Crippen molar-refractivity contribution in [3.8, 4) is 17.2 Å². The number of ether oxygens (including phenoxy) is 1. The zero-order valence-corrected chi connectivity index (χ0v) is 11.7. The fraction of sp³-hybridized carbons (Fsp3) is 0.333. The fourth-order valence-corrected chi connectivity index (χ4v) is 3.92. The molecule has 3 atom stereocenters. The molecule has 3 heteroatoms. The maximum atomic E-state index is 10.2. The standard InChI is InChI=1S/C18H18O3/c19-12-9-7-11(8-10-12)18-14-4-1-3-13(14)17-15(20)5-2-6-16(17)21-18/h2,5-10,13-14,18-20H,1,3-4H2/t13-,14+,18+/m0/s1. The van der Waals surface area contributed by atoms with Crippen LogP contribution in [0.25, 0.3) is 0 Å². The number of phenols is 2. The van der Waals surface area contributed by atoms with Crippen LogP contribution >= 0.6 is 0 Å². The van der Waals surface area contributed by atoms with E-state index >= 15 is 0 Å². The number of hydrogen-bond donors (Lipinski definition) is 2. The summed E-state index contributed by atoms with van der Waals surface area (Å²) in [5.74, 6) is 2.20. The second-order valence-electron chi connectivity index (χ2n) is 6.02. The Morgan fingerprint density at radius 1 is 0.952 bits per heavy atom. The van der Waals surface area contributed by atoms with Gasteiger partial charge < -0.3 is 14.9 Å². The van der Waals surface area contributed by atoms with Crippen LogP contribution in [0.3, 0.4) is 0 Å². The molecular formula is C18H18O3. The molecule has 1 fully saturated rings. The maximum absolute atomic E-state index is 10.2. The van der Waals surface area contributed by atoms with Gasteiger partial charge in [-0.05, 0) is 48.6 Å². The average Bonchev–Trinajstić information content (AvgIpc) is 2.96. The van der Waals surface area contributed by atoms with Crippen LogP contribution in [0.4, 0.5) is 0 Å². The van der Waals surface area contributed by atoms with Gasteiger partial charge in [-0.1, -0.05) is 24.6 Å². The summed E-state index contributed by atoms with van der Waals surface area (Å²) >= 11 is 0. The molecule has 2 aromatic carbocycles. The Labute approximate surface area is 123 Å². The van der Waals surface area contributed by atoms with Gasteiger partial charge in [-0.15, -0.1) is 0 Å². The molecule has 2 aromatic rings. The number of rotatable bonds is 1. The SMILES string of the molecule is Oc1ccc([C@H]2Oc3cccc(O)c3[C@H]3CCC[C@H]32)cc1. The van der Waals surface area contributed by atoms with Gasteiger partial charge in [-0.25, -0.2) is 0 Å². The topological polar surface area (TPSA) is 49.7 Å². The third kappa shape index (κ3) is 1.96. The van der Waals surface area contributed by atoms with Crippen LogP contribution in [0.5, 0.6) is 17.2 Å². The first-order chi connectivity index (χ1) is 10.2. The predicted octanol–water partition coefficient (Wildman–Crippen LogP) is 4.12. The number of phenolic OH excluding ortho intramolecular Hbond substituents is 2. The number of benzene rings is 2. The summed E-state index contributed by atoms with van der Waals surface area (Å²) in [5.41, 5.74) is 2.08. The van der Waals surface area contributed by atoms with Crippen molar-refractivity contribution in [2.75, 3.05) is 0 Å². The molecule has 2 aliphatic rings. The van der Waals surface area contributed by atoms with Gasteiger partial charge in [0.05, 0.1) is 0 Å². The predicted molar refractivity (Wildman–Crippen MR) is 79.7 cm³/mol. The molecule has 4 rings (SSSR count). The highest BCUT2D eigenvalue weighted by molar-refractivity contribution is 5.49. The van der Waals surface area contributed by atoms with Crippen molar-refractivity contribution in [2.45, 2.75) is 31.3 Å². The summed E-state index contributed by atoms with van der Waals surface area (Å²) < 4.78 is 6.21. The number of aromatic hydroxyl groups is 2. The molecule has 108 valence electrons. The Balaban J connectivity index is 1.79. The zero-order chi connectivity index (χ0) is 14.4. The second-order valence-corrected chi connectivity index (χ2v) is 6.02. The van der Waals surface area contributed by atoms with Crippen molar-refractivity contribution < 1.29 is 14.9 Å². The average molecular weight is 282 g/mol. The minimum absolute atomic E-state index is 0.00685. The molecule has 1 heterocycles. The zero-order valence-electron chi connectivity index (χ0n) is 11.7. The van der Waals surface area contributed by atoms with Gasteiger partial charge in [0.25, 0.3) is 0 Å². The van der Waals surface area contributed by atoms with Crippen LogP contribution in [0.1, 0.15) is 42.4 Å². The van der Waals surface area contributed by atoms with Crippen molar-refractivity contribution >= 4 is 0 Å². The Hall–Kier alpha value is -2.16. The van der Waals surface area contributed by atoms with E-state index in [1.165, 1.54) is 6.42 Å². The molecule has 1 saturated carbocycles. The van der Waals surface area contributed by atoms with Crippen molar-refractivity contribution in [3.63, 3.8) is 0 Å². The first-order valence-electron chi connectivity index (χ1n) is 7.51.